The number of nitrogens with one attached hydrogen (secondary N) is 1. The molecule has 0 unspecified atom stereocenters. The maximum absolute atomic E-state index is 14.2. The number of nitrogens with zero attached hydrogens (tertiary/aromatic N) is 2. The number of fused-ring (bicyclic) bond motifs is 1. The molecule has 5 rings (SSSR count). The van der Waals surface area contributed by atoms with Gasteiger partial charge in [-0.1, -0.05) is 17.7 Å². The highest BCUT2D eigenvalue weighted by atomic mass is 35.5. The lowest BCUT2D eigenvalue weighted by Crippen LogP contribution is -2.36. The van der Waals surface area contributed by atoms with Gasteiger partial charge in [0.05, 0.1) is 12.1 Å². The Bertz CT molecular complexity index is 1260. The minimum Gasteiger partial charge on any atom is -0.491 e. The topological polar surface area (TPSA) is 41.1 Å². The first kappa shape index (κ1) is 21.6. The lowest BCUT2D eigenvalue weighted by molar-refractivity contribution is 0.224. The molecule has 1 aromatic heterocycles. The number of hydrogen-bond acceptors (Lipinski definition) is 3. The summed E-state index contributed by atoms with van der Waals surface area (Å²) in [7, 11) is 0. The molecule has 1 N–H and O–H groups in total. The SMILES string of the molecule is Fc1ccc(-c2nc3c(OCC4CCN(c5c(F)cc(Cl)cc5F)CC4)cccc3[nH]2)cc1. The van der Waals surface area contributed by atoms with Crippen LogP contribution in [0.15, 0.2) is 54.6 Å². The van der Waals surface area contributed by atoms with E-state index in [4.69, 9.17) is 16.3 Å². The van der Waals surface area contributed by atoms with Crippen molar-refractivity contribution < 1.29 is 17.9 Å². The third kappa shape index (κ3) is 4.50. The van der Waals surface area contributed by atoms with Crippen LogP contribution in [0.3, 0.4) is 0 Å². The fourth-order valence-electron chi connectivity index (χ4n) is 4.23. The van der Waals surface area contributed by atoms with E-state index in [0.29, 0.717) is 36.8 Å². The highest BCUT2D eigenvalue weighted by molar-refractivity contribution is 6.30. The molecule has 8 heteroatoms. The van der Waals surface area contributed by atoms with Crippen LogP contribution in [0.1, 0.15) is 12.8 Å². The van der Waals surface area contributed by atoms with Crippen molar-refractivity contribution in [1.82, 2.24) is 9.97 Å². The average Bonchev–Trinajstić information content (AvgIpc) is 3.23. The molecule has 2 heterocycles. The van der Waals surface area contributed by atoms with Gasteiger partial charge < -0.3 is 14.6 Å². The highest BCUT2D eigenvalue weighted by Gasteiger charge is 2.25. The Labute approximate surface area is 194 Å². The van der Waals surface area contributed by atoms with Gasteiger partial charge in [-0.3, -0.25) is 0 Å². The largest absolute Gasteiger partial charge is 0.491 e. The second-order valence-electron chi connectivity index (χ2n) is 8.20. The van der Waals surface area contributed by atoms with Crippen LogP contribution in [0.5, 0.6) is 5.75 Å². The molecule has 0 bridgehead atoms. The van der Waals surface area contributed by atoms with Gasteiger partial charge in [0.25, 0.3) is 0 Å². The van der Waals surface area contributed by atoms with Crippen molar-refractivity contribution in [3.05, 3.63) is 77.1 Å². The summed E-state index contributed by atoms with van der Waals surface area (Å²) in [5.74, 6) is -0.0265. The van der Waals surface area contributed by atoms with Crippen LogP contribution in [-0.4, -0.2) is 29.7 Å². The maximum atomic E-state index is 14.2. The van der Waals surface area contributed by atoms with Gasteiger partial charge in [-0.15, -0.1) is 0 Å². The number of benzene rings is 3. The third-order valence-corrected chi connectivity index (χ3v) is 6.20. The van der Waals surface area contributed by atoms with E-state index in [1.54, 1.807) is 17.0 Å². The van der Waals surface area contributed by atoms with Crippen LogP contribution in [-0.2, 0) is 0 Å². The van der Waals surface area contributed by atoms with Crippen LogP contribution in [0.2, 0.25) is 5.02 Å². The zero-order valence-electron chi connectivity index (χ0n) is 17.6. The maximum Gasteiger partial charge on any atom is 0.150 e. The van der Waals surface area contributed by atoms with Crippen molar-refractivity contribution in [1.29, 1.82) is 0 Å². The van der Waals surface area contributed by atoms with Gasteiger partial charge in [0.15, 0.2) is 11.6 Å². The number of anilines is 1. The van der Waals surface area contributed by atoms with Crippen molar-refractivity contribution in [3.63, 3.8) is 0 Å². The molecule has 0 spiro atoms. The number of halogens is 4. The molecule has 4 nitrogen and oxygen atoms in total. The van der Waals surface area contributed by atoms with Crippen molar-refractivity contribution in [2.45, 2.75) is 12.8 Å². The van der Waals surface area contributed by atoms with E-state index in [0.717, 1.165) is 36.1 Å². The smallest absolute Gasteiger partial charge is 0.150 e. The Morgan fingerprint density at radius 3 is 2.39 bits per heavy atom. The lowest BCUT2D eigenvalue weighted by Gasteiger charge is -2.33. The number of ether oxygens (including phenoxy) is 1. The first-order chi connectivity index (χ1) is 16.0. The van der Waals surface area contributed by atoms with Crippen molar-refractivity contribution >= 4 is 28.3 Å². The standard InChI is InChI=1S/C25H21ClF3N3O/c26-17-12-19(28)24(20(29)13-17)32-10-8-15(9-11-32)14-33-22-3-1-2-21-23(22)31-25(30-21)16-4-6-18(27)7-5-16/h1-7,12-13,15H,8-11,14H2,(H,30,31). The molecule has 0 atom stereocenters. The summed E-state index contributed by atoms with van der Waals surface area (Å²) in [6.45, 7) is 1.55. The quantitative estimate of drug-likeness (QED) is 0.356. The van der Waals surface area contributed by atoms with Crippen LogP contribution in [0.25, 0.3) is 22.4 Å². The zero-order valence-corrected chi connectivity index (χ0v) is 18.4. The number of H-pyrrole nitrogens is 1. The Morgan fingerprint density at radius 2 is 1.70 bits per heavy atom. The summed E-state index contributed by atoms with van der Waals surface area (Å²) in [4.78, 5) is 9.62. The Kier molecular flexibility index (Phi) is 5.89. The van der Waals surface area contributed by atoms with Crippen molar-refractivity contribution in [2.24, 2.45) is 5.92 Å². The molecule has 4 aromatic rings. The fraction of sp³-hybridized carbons (Fsp3) is 0.240. The summed E-state index contributed by atoms with van der Waals surface area (Å²) < 4.78 is 47.8. The molecule has 170 valence electrons. The summed E-state index contributed by atoms with van der Waals surface area (Å²) in [6.07, 6.45) is 1.50. The Hall–Kier alpha value is -3.19. The van der Waals surface area contributed by atoms with Crippen LogP contribution in [0.4, 0.5) is 18.9 Å². The van der Waals surface area contributed by atoms with E-state index < -0.39 is 11.6 Å². The van der Waals surface area contributed by atoms with Crippen molar-refractivity contribution in [3.8, 4) is 17.1 Å². The fourth-order valence-corrected chi connectivity index (χ4v) is 4.43. The van der Waals surface area contributed by atoms with Crippen LogP contribution < -0.4 is 9.64 Å². The van der Waals surface area contributed by atoms with Crippen molar-refractivity contribution in [2.75, 3.05) is 24.6 Å². The second-order valence-corrected chi connectivity index (χ2v) is 8.64. The van der Waals surface area contributed by atoms with Gasteiger partial charge in [0.1, 0.15) is 28.6 Å². The van der Waals surface area contributed by atoms with Gasteiger partial charge in [0, 0.05) is 23.7 Å². The van der Waals surface area contributed by atoms with Gasteiger partial charge in [-0.2, -0.15) is 0 Å². The number of piperidine rings is 1. The number of hydrogen-bond donors (Lipinski definition) is 1. The van der Waals surface area contributed by atoms with E-state index >= 15 is 0 Å². The molecular formula is C25H21ClF3N3O. The molecule has 0 radical (unpaired) electrons. The summed E-state index contributed by atoms with van der Waals surface area (Å²) >= 11 is 5.73. The van der Waals surface area contributed by atoms with E-state index in [-0.39, 0.29) is 22.4 Å². The van der Waals surface area contributed by atoms with Gasteiger partial charge in [0.2, 0.25) is 0 Å². The minimum absolute atomic E-state index is 0.0200. The average molecular weight is 472 g/mol. The Morgan fingerprint density at radius 1 is 1.00 bits per heavy atom. The van der Waals surface area contributed by atoms with Crippen LogP contribution >= 0.6 is 11.6 Å². The normalized spacial score (nSPS) is 14.7. The monoisotopic (exact) mass is 471 g/mol. The molecule has 1 fully saturated rings. The lowest BCUT2D eigenvalue weighted by atomic mass is 9.97. The summed E-state index contributed by atoms with van der Waals surface area (Å²) in [5.41, 5.74) is 2.30. The predicted octanol–water partition coefficient (Wildman–Crippen LogP) is 6.60. The van der Waals surface area contributed by atoms with Gasteiger partial charge >= 0.3 is 0 Å². The first-order valence-corrected chi connectivity index (χ1v) is 11.1. The zero-order chi connectivity index (χ0) is 22.9. The minimum atomic E-state index is -0.642. The number of imidazole rings is 1. The molecule has 0 saturated carbocycles. The molecule has 33 heavy (non-hydrogen) atoms. The van der Waals surface area contributed by atoms with Gasteiger partial charge in [-0.05, 0) is 67.3 Å². The molecule has 3 aromatic carbocycles. The molecule has 1 aliphatic heterocycles. The number of rotatable bonds is 5. The second kappa shape index (κ2) is 8.98. The van der Waals surface area contributed by atoms with Crippen LogP contribution in [0, 0.1) is 23.4 Å². The summed E-state index contributed by atoms with van der Waals surface area (Å²) in [5, 5.41) is 0.0483. The molecule has 0 amide bonds. The predicted molar refractivity (Wildman–Crippen MR) is 123 cm³/mol. The molecule has 0 aliphatic carbocycles. The third-order valence-electron chi connectivity index (χ3n) is 5.98. The van der Waals surface area contributed by atoms with E-state index in [1.807, 2.05) is 18.2 Å². The number of para-hydroxylation sites is 1. The van der Waals surface area contributed by atoms with E-state index in [1.165, 1.54) is 12.1 Å². The number of aromatic nitrogens is 2. The number of aromatic amines is 1. The highest BCUT2D eigenvalue weighted by Crippen LogP contribution is 2.32. The van der Waals surface area contributed by atoms with Gasteiger partial charge in [-0.25, -0.2) is 18.2 Å². The molecule has 1 aliphatic rings. The summed E-state index contributed by atoms with van der Waals surface area (Å²) in [6, 6.07) is 14.1. The Balaban J connectivity index is 1.25. The first-order valence-electron chi connectivity index (χ1n) is 10.7. The van der Waals surface area contributed by atoms with E-state index in [2.05, 4.69) is 9.97 Å². The molecular weight excluding hydrogens is 451 g/mol. The van der Waals surface area contributed by atoms with E-state index in [9.17, 15) is 13.2 Å². The molecule has 1 saturated heterocycles.